The first-order valence-corrected chi connectivity index (χ1v) is 9.68. The van der Waals surface area contributed by atoms with E-state index in [1.807, 2.05) is 62.4 Å². The number of aryl methyl sites for hydroxylation is 2. The number of hydrogen-bond acceptors (Lipinski definition) is 4. The highest BCUT2D eigenvalue weighted by Gasteiger charge is 2.31. The molecule has 1 heterocycles. The van der Waals surface area contributed by atoms with Crippen LogP contribution >= 0.6 is 0 Å². The second-order valence-corrected chi connectivity index (χ2v) is 7.26. The van der Waals surface area contributed by atoms with Crippen LogP contribution in [0.15, 0.2) is 72.8 Å². The molecule has 31 heavy (non-hydrogen) atoms. The van der Waals surface area contributed by atoms with Gasteiger partial charge in [0.05, 0.1) is 11.3 Å². The van der Waals surface area contributed by atoms with Crippen molar-refractivity contribution in [3.05, 3.63) is 101 Å². The first-order valence-electron chi connectivity index (χ1n) is 9.68. The van der Waals surface area contributed by atoms with Gasteiger partial charge in [-0.05, 0) is 59.2 Å². The summed E-state index contributed by atoms with van der Waals surface area (Å²) in [4.78, 5) is 0. The van der Waals surface area contributed by atoms with Gasteiger partial charge in [0.25, 0.3) is 0 Å². The van der Waals surface area contributed by atoms with E-state index < -0.39 is 17.8 Å². The smallest absolute Gasteiger partial charge is 0.371 e. The summed E-state index contributed by atoms with van der Waals surface area (Å²) in [6.07, 6.45) is -4.43. The van der Waals surface area contributed by atoms with Crippen molar-refractivity contribution in [3.8, 4) is 5.69 Å². The third kappa shape index (κ3) is 4.28. The number of alkyl halides is 3. The Morgan fingerprint density at radius 1 is 0.871 bits per heavy atom. The molecule has 0 saturated carbocycles. The van der Waals surface area contributed by atoms with Crippen LogP contribution in [0.25, 0.3) is 5.69 Å². The molecule has 0 spiro atoms. The Morgan fingerprint density at radius 2 is 1.55 bits per heavy atom. The summed E-state index contributed by atoms with van der Waals surface area (Å²) in [5.41, 5.74) is 3.23. The number of nitrogens with zero attached hydrogens (tertiary/aromatic N) is 4. The molecule has 0 saturated heterocycles. The van der Waals surface area contributed by atoms with Crippen LogP contribution in [-0.2, 0) is 6.18 Å². The van der Waals surface area contributed by atoms with Gasteiger partial charge in [0, 0.05) is 5.69 Å². The first kappa shape index (κ1) is 20.6. The lowest BCUT2D eigenvalue weighted by molar-refractivity contribution is -0.137. The summed E-state index contributed by atoms with van der Waals surface area (Å²) in [6.45, 7) is 3.93. The lowest BCUT2D eigenvalue weighted by Gasteiger charge is -2.21. The third-order valence-corrected chi connectivity index (χ3v) is 5.04. The van der Waals surface area contributed by atoms with Crippen molar-refractivity contribution >= 4 is 5.69 Å². The van der Waals surface area contributed by atoms with Crippen LogP contribution in [0, 0.1) is 13.8 Å². The number of hydrogen-bond donors (Lipinski definition) is 1. The predicted octanol–water partition coefficient (Wildman–Crippen LogP) is 5.50. The number of anilines is 1. The molecule has 1 N–H and O–H groups in total. The maximum absolute atomic E-state index is 13.2. The fourth-order valence-corrected chi connectivity index (χ4v) is 3.57. The van der Waals surface area contributed by atoms with Crippen LogP contribution in [0.2, 0.25) is 0 Å². The second kappa shape index (κ2) is 8.22. The highest BCUT2D eigenvalue weighted by atomic mass is 19.4. The lowest BCUT2D eigenvalue weighted by Crippen LogP contribution is -2.19. The van der Waals surface area contributed by atoms with Crippen molar-refractivity contribution in [1.29, 1.82) is 0 Å². The summed E-state index contributed by atoms with van der Waals surface area (Å²) >= 11 is 0. The maximum atomic E-state index is 13.2. The number of benzene rings is 3. The van der Waals surface area contributed by atoms with Crippen molar-refractivity contribution in [2.24, 2.45) is 0 Å². The second-order valence-electron chi connectivity index (χ2n) is 7.26. The number of aromatic nitrogens is 4. The molecule has 0 bridgehead atoms. The van der Waals surface area contributed by atoms with Crippen LogP contribution in [0.5, 0.6) is 0 Å². The molecule has 3 aromatic carbocycles. The van der Waals surface area contributed by atoms with Gasteiger partial charge in [-0.15, -0.1) is 5.10 Å². The van der Waals surface area contributed by atoms with Gasteiger partial charge in [0.2, 0.25) is 0 Å². The van der Waals surface area contributed by atoms with E-state index in [1.165, 1.54) is 6.07 Å². The quantitative estimate of drug-likeness (QED) is 0.461. The van der Waals surface area contributed by atoms with E-state index in [9.17, 15) is 13.2 Å². The molecule has 4 rings (SSSR count). The van der Waals surface area contributed by atoms with Gasteiger partial charge in [0.1, 0.15) is 6.04 Å². The molecular weight excluding hydrogens is 403 g/mol. The van der Waals surface area contributed by atoms with Crippen molar-refractivity contribution < 1.29 is 13.2 Å². The Balaban J connectivity index is 1.82. The molecule has 8 heteroatoms. The highest BCUT2D eigenvalue weighted by Crippen LogP contribution is 2.33. The molecule has 0 aliphatic carbocycles. The summed E-state index contributed by atoms with van der Waals surface area (Å²) in [5, 5.41) is 15.5. The minimum Gasteiger partial charge on any atom is -0.371 e. The Kier molecular flexibility index (Phi) is 5.46. The molecule has 1 atom stereocenters. The van der Waals surface area contributed by atoms with Gasteiger partial charge in [-0.25, -0.2) is 0 Å². The monoisotopic (exact) mass is 423 g/mol. The zero-order valence-electron chi connectivity index (χ0n) is 16.9. The van der Waals surface area contributed by atoms with Crippen molar-refractivity contribution in [1.82, 2.24) is 20.2 Å². The number of halogens is 3. The van der Waals surface area contributed by atoms with Gasteiger partial charge < -0.3 is 5.32 Å². The summed E-state index contributed by atoms with van der Waals surface area (Å²) < 4.78 is 41.3. The molecule has 5 nitrogen and oxygen atoms in total. The molecule has 158 valence electrons. The predicted molar refractivity (Wildman–Crippen MR) is 112 cm³/mol. The average molecular weight is 423 g/mol. The molecule has 0 radical (unpaired) electrons. The highest BCUT2D eigenvalue weighted by molar-refractivity contribution is 5.52. The zero-order chi connectivity index (χ0) is 22.0. The van der Waals surface area contributed by atoms with Gasteiger partial charge in [-0.2, -0.15) is 17.9 Å². The van der Waals surface area contributed by atoms with Gasteiger partial charge in [-0.3, -0.25) is 0 Å². The molecule has 0 aliphatic rings. The molecule has 4 aromatic rings. The van der Waals surface area contributed by atoms with Gasteiger partial charge in [-0.1, -0.05) is 54.6 Å². The summed E-state index contributed by atoms with van der Waals surface area (Å²) in [5.74, 6) is 0.473. The zero-order valence-corrected chi connectivity index (χ0v) is 16.9. The van der Waals surface area contributed by atoms with E-state index in [1.54, 1.807) is 10.7 Å². The number of nitrogens with one attached hydrogen (secondary N) is 1. The lowest BCUT2D eigenvalue weighted by atomic mass is 10.0. The summed E-state index contributed by atoms with van der Waals surface area (Å²) in [7, 11) is 0. The number of tetrazole rings is 1. The van der Waals surface area contributed by atoms with Gasteiger partial charge >= 0.3 is 6.18 Å². The van der Waals surface area contributed by atoms with E-state index in [0.29, 0.717) is 11.5 Å². The minimum absolute atomic E-state index is 0.319. The van der Waals surface area contributed by atoms with E-state index in [4.69, 9.17) is 0 Å². The first-order chi connectivity index (χ1) is 14.8. The largest absolute Gasteiger partial charge is 0.416 e. The average Bonchev–Trinajstić information content (AvgIpc) is 3.21. The van der Waals surface area contributed by atoms with E-state index >= 15 is 0 Å². The van der Waals surface area contributed by atoms with E-state index in [-0.39, 0.29) is 0 Å². The van der Waals surface area contributed by atoms with Crippen LogP contribution < -0.4 is 5.32 Å². The molecule has 0 fully saturated rings. The topological polar surface area (TPSA) is 55.6 Å². The third-order valence-electron chi connectivity index (χ3n) is 5.04. The molecule has 0 amide bonds. The Bertz CT molecular complexity index is 1170. The normalized spacial score (nSPS) is 12.5. The van der Waals surface area contributed by atoms with Crippen LogP contribution in [0.4, 0.5) is 18.9 Å². The maximum Gasteiger partial charge on any atom is 0.416 e. The fourth-order valence-electron chi connectivity index (χ4n) is 3.57. The standard InChI is InChI=1S/C23H20F3N5/c1-15-8-6-9-16(2)21(15)31-22(28-29-30-31)20(17-10-4-3-5-11-17)27-19-13-7-12-18(14-19)23(24,25)26/h3-14,20,27H,1-2H3/t20-/m0/s1. The van der Waals surface area contributed by atoms with E-state index in [0.717, 1.165) is 34.5 Å². The number of rotatable bonds is 5. The Morgan fingerprint density at radius 3 is 2.23 bits per heavy atom. The Labute approximate surface area is 177 Å². The fraction of sp³-hybridized carbons (Fsp3) is 0.174. The Hall–Kier alpha value is -3.68. The minimum atomic E-state index is -4.43. The van der Waals surface area contributed by atoms with E-state index in [2.05, 4.69) is 20.8 Å². The van der Waals surface area contributed by atoms with Crippen LogP contribution in [-0.4, -0.2) is 20.2 Å². The van der Waals surface area contributed by atoms with Crippen molar-refractivity contribution in [2.45, 2.75) is 26.1 Å². The van der Waals surface area contributed by atoms with Crippen molar-refractivity contribution in [3.63, 3.8) is 0 Å². The van der Waals surface area contributed by atoms with Crippen LogP contribution in [0.3, 0.4) is 0 Å². The van der Waals surface area contributed by atoms with Crippen LogP contribution in [0.1, 0.15) is 34.1 Å². The SMILES string of the molecule is Cc1cccc(C)c1-n1nnnc1[C@@H](Nc1cccc(C(F)(F)F)c1)c1ccccc1. The molecule has 0 unspecified atom stereocenters. The molecule has 0 aliphatic heterocycles. The molecule has 1 aromatic heterocycles. The van der Waals surface area contributed by atoms with Gasteiger partial charge in [0.15, 0.2) is 5.82 Å². The van der Waals surface area contributed by atoms with Crippen molar-refractivity contribution in [2.75, 3.05) is 5.32 Å². The molecular formula is C23H20F3N5. The summed E-state index contributed by atoms with van der Waals surface area (Å²) in [6, 6.07) is 19.8. The number of para-hydroxylation sites is 1.